The van der Waals surface area contributed by atoms with Crippen LogP contribution < -0.4 is 18.9 Å². The highest BCUT2D eigenvalue weighted by atomic mass is 16.7. The van der Waals surface area contributed by atoms with E-state index in [1.807, 2.05) is 18.2 Å². The summed E-state index contributed by atoms with van der Waals surface area (Å²) in [7, 11) is 1.57. The molecule has 0 spiro atoms. The molecule has 5 nitrogen and oxygen atoms in total. The highest BCUT2D eigenvalue weighted by Gasteiger charge is 2.16. The van der Waals surface area contributed by atoms with Crippen molar-refractivity contribution in [1.29, 1.82) is 0 Å². The number of aliphatic hydroxyl groups excluding tert-OH is 1. The zero-order valence-corrected chi connectivity index (χ0v) is 11.6. The van der Waals surface area contributed by atoms with Gasteiger partial charge in [-0.25, -0.2) is 0 Å². The average Bonchev–Trinajstić information content (AvgIpc) is 3.00. The van der Waals surface area contributed by atoms with Gasteiger partial charge in [0, 0.05) is 11.6 Å². The van der Waals surface area contributed by atoms with Crippen LogP contribution in [0.4, 0.5) is 0 Å². The second kappa shape index (κ2) is 5.93. The van der Waals surface area contributed by atoms with E-state index in [1.165, 1.54) is 0 Å². The maximum Gasteiger partial charge on any atom is 0.231 e. The van der Waals surface area contributed by atoms with Crippen molar-refractivity contribution in [3.63, 3.8) is 0 Å². The molecule has 0 saturated heterocycles. The fourth-order valence-corrected chi connectivity index (χ4v) is 2.17. The molecule has 3 rings (SSSR count). The minimum absolute atomic E-state index is 0.125. The van der Waals surface area contributed by atoms with Gasteiger partial charge in [0.1, 0.15) is 24.2 Å². The van der Waals surface area contributed by atoms with Gasteiger partial charge in [-0.15, -0.1) is 0 Å². The number of ether oxygens (including phenoxy) is 4. The van der Waals surface area contributed by atoms with Crippen LogP contribution in [0.5, 0.6) is 23.0 Å². The van der Waals surface area contributed by atoms with E-state index in [2.05, 4.69) is 0 Å². The SMILES string of the molecule is COc1ccccc1C(O)COc1ccc2c(c1)OCO2. The summed E-state index contributed by atoms with van der Waals surface area (Å²) in [6.07, 6.45) is -0.772. The summed E-state index contributed by atoms with van der Waals surface area (Å²) in [6.45, 7) is 0.350. The van der Waals surface area contributed by atoms with Crippen LogP contribution in [-0.4, -0.2) is 25.6 Å². The number of para-hydroxylation sites is 1. The Hall–Kier alpha value is -2.40. The molecular weight excluding hydrogens is 272 g/mol. The topological polar surface area (TPSA) is 57.2 Å². The smallest absolute Gasteiger partial charge is 0.231 e. The molecule has 2 aromatic carbocycles. The van der Waals surface area contributed by atoms with Crippen LogP contribution in [0.1, 0.15) is 11.7 Å². The van der Waals surface area contributed by atoms with Gasteiger partial charge in [-0.2, -0.15) is 0 Å². The van der Waals surface area contributed by atoms with E-state index in [0.29, 0.717) is 28.6 Å². The second-order valence-corrected chi connectivity index (χ2v) is 4.58. The van der Waals surface area contributed by atoms with E-state index >= 15 is 0 Å². The van der Waals surface area contributed by atoms with Crippen molar-refractivity contribution in [2.75, 3.05) is 20.5 Å². The number of fused-ring (bicyclic) bond motifs is 1. The van der Waals surface area contributed by atoms with E-state index in [4.69, 9.17) is 18.9 Å². The molecule has 110 valence electrons. The van der Waals surface area contributed by atoms with Gasteiger partial charge >= 0.3 is 0 Å². The maximum atomic E-state index is 10.2. The summed E-state index contributed by atoms with van der Waals surface area (Å²) in [6, 6.07) is 12.6. The predicted octanol–water partition coefficient (Wildman–Crippen LogP) is 2.54. The summed E-state index contributed by atoms with van der Waals surface area (Å²) < 4.78 is 21.4. The van der Waals surface area contributed by atoms with Crippen molar-refractivity contribution in [2.24, 2.45) is 0 Å². The third-order valence-corrected chi connectivity index (χ3v) is 3.25. The van der Waals surface area contributed by atoms with Crippen LogP contribution in [0.3, 0.4) is 0 Å². The normalized spacial score (nSPS) is 13.8. The Balaban J connectivity index is 1.67. The quantitative estimate of drug-likeness (QED) is 0.916. The lowest BCUT2D eigenvalue weighted by molar-refractivity contribution is 0.105. The first kappa shape index (κ1) is 13.6. The molecule has 0 bridgehead atoms. The molecule has 0 fully saturated rings. The minimum Gasteiger partial charge on any atom is -0.496 e. The Bertz CT molecular complexity index is 626. The van der Waals surface area contributed by atoms with Crippen LogP contribution in [0.25, 0.3) is 0 Å². The molecule has 0 aliphatic carbocycles. The van der Waals surface area contributed by atoms with Crippen LogP contribution in [0.15, 0.2) is 42.5 Å². The van der Waals surface area contributed by atoms with E-state index in [9.17, 15) is 5.11 Å². The maximum absolute atomic E-state index is 10.2. The Labute approximate surface area is 122 Å². The van der Waals surface area contributed by atoms with Crippen LogP contribution in [-0.2, 0) is 0 Å². The van der Waals surface area contributed by atoms with Crippen molar-refractivity contribution in [1.82, 2.24) is 0 Å². The lowest BCUT2D eigenvalue weighted by Crippen LogP contribution is -2.10. The van der Waals surface area contributed by atoms with E-state index < -0.39 is 6.10 Å². The summed E-state index contributed by atoms with van der Waals surface area (Å²) in [5.74, 6) is 2.61. The molecule has 1 heterocycles. The van der Waals surface area contributed by atoms with E-state index in [1.54, 1.807) is 31.4 Å². The predicted molar refractivity (Wildman–Crippen MR) is 76.0 cm³/mol. The third-order valence-electron chi connectivity index (χ3n) is 3.25. The zero-order valence-electron chi connectivity index (χ0n) is 11.6. The van der Waals surface area contributed by atoms with E-state index in [0.717, 1.165) is 0 Å². The number of methoxy groups -OCH3 is 1. The first-order valence-electron chi connectivity index (χ1n) is 6.61. The third kappa shape index (κ3) is 2.87. The number of benzene rings is 2. The fourth-order valence-electron chi connectivity index (χ4n) is 2.17. The molecule has 1 N–H and O–H groups in total. The molecule has 0 saturated carbocycles. The van der Waals surface area contributed by atoms with Gasteiger partial charge in [-0.05, 0) is 18.2 Å². The molecule has 21 heavy (non-hydrogen) atoms. The molecule has 5 heteroatoms. The molecule has 0 aromatic heterocycles. The molecule has 1 aliphatic heterocycles. The van der Waals surface area contributed by atoms with Gasteiger partial charge < -0.3 is 24.1 Å². The Morgan fingerprint density at radius 3 is 2.81 bits per heavy atom. The van der Waals surface area contributed by atoms with Crippen molar-refractivity contribution in [2.45, 2.75) is 6.10 Å². The highest BCUT2D eigenvalue weighted by molar-refractivity contribution is 5.47. The summed E-state index contributed by atoms with van der Waals surface area (Å²) in [5, 5.41) is 10.2. The Morgan fingerprint density at radius 2 is 1.95 bits per heavy atom. The molecule has 2 aromatic rings. The van der Waals surface area contributed by atoms with Crippen molar-refractivity contribution < 1.29 is 24.1 Å². The Kier molecular flexibility index (Phi) is 3.83. The first-order chi connectivity index (χ1) is 10.3. The molecule has 1 aliphatic rings. The van der Waals surface area contributed by atoms with Crippen LogP contribution in [0, 0.1) is 0 Å². The molecule has 1 atom stereocenters. The van der Waals surface area contributed by atoms with Crippen molar-refractivity contribution in [3.05, 3.63) is 48.0 Å². The van der Waals surface area contributed by atoms with Gasteiger partial charge in [0.05, 0.1) is 7.11 Å². The molecule has 0 radical (unpaired) electrons. The van der Waals surface area contributed by atoms with Gasteiger partial charge in [-0.1, -0.05) is 18.2 Å². The lowest BCUT2D eigenvalue weighted by atomic mass is 10.1. The van der Waals surface area contributed by atoms with E-state index in [-0.39, 0.29) is 13.4 Å². The van der Waals surface area contributed by atoms with Gasteiger partial charge in [0.2, 0.25) is 6.79 Å². The van der Waals surface area contributed by atoms with Crippen LogP contribution >= 0.6 is 0 Å². The summed E-state index contributed by atoms with van der Waals surface area (Å²) in [4.78, 5) is 0. The Morgan fingerprint density at radius 1 is 1.14 bits per heavy atom. The number of aliphatic hydroxyl groups is 1. The molecular formula is C16H16O5. The molecule has 1 unspecified atom stereocenters. The number of rotatable bonds is 5. The average molecular weight is 288 g/mol. The largest absolute Gasteiger partial charge is 0.496 e. The second-order valence-electron chi connectivity index (χ2n) is 4.58. The molecule has 0 amide bonds. The first-order valence-corrected chi connectivity index (χ1v) is 6.61. The zero-order chi connectivity index (χ0) is 14.7. The minimum atomic E-state index is -0.772. The monoisotopic (exact) mass is 288 g/mol. The standard InChI is InChI=1S/C16H16O5/c1-18-14-5-3-2-4-12(14)13(17)9-19-11-6-7-15-16(8-11)21-10-20-15/h2-8,13,17H,9-10H2,1H3. The van der Waals surface area contributed by atoms with Gasteiger partial charge in [-0.3, -0.25) is 0 Å². The number of hydrogen-bond acceptors (Lipinski definition) is 5. The number of hydrogen-bond donors (Lipinski definition) is 1. The summed E-state index contributed by atoms with van der Waals surface area (Å²) >= 11 is 0. The van der Waals surface area contributed by atoms with Crippen molar-refractivity contribution in [3.8, 4) is 23.0 Å². The highest BCUT2D eigenvalue weighted by Crippen LogP contribution is 2.35. The van der Waals surface area contributed by atoms with Gasteiger partial charge in [0.15, 0.2) is 11.5 Å². The lowest BCUT2D eigenvalue weighted by Gasteiger charge is -2.15. The fraction of sp³-hybridized carbons (Fsp3) is 0.250. The summed E-state index contributed by atoms with van der Waals surface area (Å²) in [5.41, 5.74) is 0.695. The van der Waals surface area contributed by atoms with Gasteiger partial charge in [0.25, 0.3) is 0 Å². The van der Waals surface area contributed by atoms with Crippen LogP contribution in [0.2, 0.25) is 0 Å². The van der Waals surface area contributed by atoms with Crippen molar-refractivity contribution >= 4 is 0 Å².